The first kappa shape index (κ1) is 17.3. The van der Waals surface area contributed by atoms with Gasteiger partial charge in [0.1, 0.15) is 6.04 Å². The summed E-state index contributed by atoms with van der Waals surface area (Å²) in [5.41, 5.74) is 0.667. The fourth-order valence-electron chi connectivity index (χ4n) is 2.86. The van der Waals surface area contributed by atoms with E-state index in [1.807, 2.05) is 0 Å². The van der Waals surface area contributed by atoms with Gasteiger partial charge in [-0.15, -0.1) is 0 Å². The third-order valence-corrected chi connectivity index (χ3v) is 3.89. The zero-order valence-electron chi connectivity index (χ0n) is 12.8. The van der Waals surface area contributed by atoms with E-state index in [1.54, 1.807) is 30.3 Å². The van der Waals surface area contributed by atoms with Crippen LogP contribution in [0.3, 0.4) is 0 Å². The number of halogens is 3. The molecule has 1 fully saturated rings. The first-order chi connectivity index (χ1) is 10.8. The number of hydrogen-bond acceptors (Lipinski definition) is 2. The number of nitrogens with one attached hydrogen (secondary N) is 1. The molecule has 1 aromatic rings. The number of likely N-dealkylation sites (tertiary alicyclic amines) is 1. The number of carbonyl (C=O) groups excluding carboxylic acids is 2. The van der Waals surface area contributed by atoms with E-state index < -0.39 is 24.2 Å². The second-order valence-corrected chi connectivity index (χ2v) is 5.74. The van der Waals surface area contributed by atoms with Crippen molar-refractivity contribution in [2.24, 2.45) is 0 Å². The van der Waals surface area contributed by atoms with Crippen LogP contribution in [0.4, 0.5) is 13.2 Å². The monoisotopic (exact) mass is 328 g/mol. The van der Waals surface area contributed by atoms with Gasteiger partial charge in [-0.1, -0.05) is 30.3 Å². The highest BCUT2D eigenvalue weighted by Crippen LogP contribution is 2.32. The summed E-state index contributed by atoms with van der Waals surface area (Å²) in [5, 5.41) is 2.60. The molecular formula is C16H19F3N2O2. The van der Waals surface area contributed by atoms with Crippen LogP contribution < -0.4 is 5.32 Å². The summed E-state index contributed by atoms with van der Waals surface area (Å²) in [5.74, 6) is -0.885. The molecule has 23 heavy (non-hydrogen) atoms. The van der Waals surface area contributed by atoms with Crippen molar-refractivity contribution in [1.82, 2.24) is 10.2 Å². The molecule has 2 amide bonds. The molecule has 1 saturated heterocycles. The number of hydrogen-bond donors (Lipinski definition) is 1. The van der Waals surface area contributed by atoms with Crippen molar-refractivity contribution in [1.29, 1.82) is 0 Å². The highest BCUT2D eigenvalue weighted by Gasteiger charge is 2.47. The van der Waals surface area contributed by atoms with E-state index in [0.717, 1.165) is 4.90 Å². The van der Waals surface area contributed by atoms with Crippen molar-refractivity contribution in [3.8, 4) is 0 Å². The summed E-state index contributed by atoms with van der Waals surface area (Å²) in [4.78, 5) is 24.3. The minimum Gasteiger partial charge on any atom is -0.352 e. The van der Waals surface area contributed by atoms with Gasteiger partial charge in [-0.25, -0.2) is 0 Å². The Morgan fingerprint density at radius 2 is 1.87 bits per heavy atom. The molecule has 1 heterocycles. The van der Waals surface area contributed by atoms with Gasteiger partial charge in [0.05, 0.1) is 6.42 Å². The van der Waals surface area contributed by atoms with Gasteiger partial charge in [-0.3, -0.25) is 9.59 Å². The Kier molecular flexibility index (Phi) is 5.28. The lowest BCUT2D eigenvalue weighted by Crippen LogP contribution is -2.58. The van der Waals surface area contributed by atoms with Gasteiger partial charge in [0.15, 0.2) is 0 Å². The Morgan fingerprint density at radius 3 is 2.43 bits per heavy atom. The average molecular weight is 328 g/mol. The van der Waals surface area contributed by atoms with Crippen molar-refractivity contribution in [2.45, 2.75) is 44.4 Å². The Bertz CT molecular complexity index is 560. The molecule has 2 unspecified atom stereocenters. The molecule has 4 nitrogen and oxygen atoms in total. The maximum atomic E-state index is 13.2. The highest BCUT2D eigenvalue weighted by molar-refractivity contribution is 5.79. The van der Waals surface area contributed by atoms with Crippen LogP contribution in [0.15, 0.2) is 30.3 Å². The smallest absolute Gasteiger partial charge is 0.352 e. The molecule has 2 atom stereocenters. The summed E-state index contributed by atoms with van der Waals surface area (Å²) >= 11 is 0. The van der Waals surface area contributed by atoms with Crippen molar-refractivity contribution < 1.29 is 22.8 Å². The lowest BCUT2D eigenvalue weighted by Gasteiger charge is -2.40. The molecule has 1 aliphatic rings. The van der Waals surface area contributed by atoms with Crippen LogP contribution in [0.1, 0.15) is 25.3 Å². The van der Waals surface area contributed by atoms with Crippen molar-refractivity contribution in [2.75, 3.05) is 6.54 Å². The number of alkyl halides is 3. The number of nitrogens with zero attached hydrogens (tertiary/aromatic N) is 1. The molecule has 1 aromatic carbocycles. The molecule has 126 valence electrons. The molecule has 0 aliphatic carbocycles. The van der Waals surface area contributed by atoms with E-state index in [-0.39, 0.29) is 31.7 Å². The molecule has 1 N–H and O–H groups in total. The minimum absolute atomic E-state index is 0.0831. The molecule has 0 bridgehead atoms. The summed E-state index contributed by atoms with van der Waals surface area (Å²) in [7, 11) is 0. The van der Waals surface area contributed by atoms with E-state index >= 15 is 0 Å². The molecule has 7 heteroatoms. The van der Waals surface area contributed by atoms with Gasteiger partial charge in [0, 0.05) is 19.5 Å². The minimum atomic E-state index is -4.46. The second-order valence-electron chi connectivity index (χ2n) is 5.74. The highest BCUT2D eigenvalue weighted by atomic mass is 19.4. The van der Waals surface area contributed by atoms with E-state index in [2.05, 4.69) is 5.32 Å². The standard InChI is InChI=1S/C16H19F3N2O2/c1-11(22)20-13-7-8-14(16(17,18)19)21(10-13)15(23)9-12-5-3-2-4-6-12/h2-6,13-14H,7-10H2,1H3,(H,20,22). The maximum absolute atomic E-state index is 13.2. The van der Waals surface area contributed by atoms with Crippen LogP contribution >= 0.6 is 0 Å². The lowest BCUT2D eigenvalue weighted by molar-refractivity contribution is -0.197. The average Bonchev–Trinajstić information content (AvgIpc) is 2.46. The Hall–Kier alpha value is -2.05. The summed E-state index contributed by atoms with van der Waals surface area (Å²) in [6, 6.07) is 6.43. The van der Waals surface area contributed by atoms with Gasteiger partial charge in [0.25, 0.3) is 0 Å². The quantitative estimate of drug-likeness (QED) is 0.925. The van der Waals surface area contributed by atoms with E-state index in [4.69, 9.17) is 0 Å². The fraction of sp³-hybridized carbons (Fsp3) is 0.500. The van der Waals surface area contributed by atoms with Gasteiger partial charge in [-0.05, 0) is 18.4 Å². The predicted molar refractivity (Wildman–Crippen MR) is 78.5 cm³/mol. The van der Waals surface area contributed by atoms with Crippen LogP contribution in [-0.2, 0) is 16.0 Å². The number of piperidine rings is 1. The largest absolute Gasteiger partial charge is 0.408 e. The summed E-state index contributed by atoms with van der Waals surface area (Å²) < 4.78 is 39.6. The van der Waals surface area contributed by atoms with Crippen molar-refractivity contribution in [3.05, 3.63) is 35.9 Å². The van der Waals surface area contributed by atoms with Crippen LogP contribution in [0.5, 0.6) is 0 Å². The zero-order valence-corrected chi connectivity index (χ0v) is 12.8. The molecule has 1 aliphatic heterocycles. The third kappa shape index (κ3) is 4.71. The molecule has 0 radical (unpaired) electrons. The van der Waals surface area contributed by atoms with Gasteiger partial charge in [-0.2, -0.15) is 13.2 Å². The number of carbonyl (C=O) groups is 2. The first-order valence-corrected chi connectivity index (χ1v) is 7.44. The number of amides is 2. The fourth-order valence-corrected chi connectivity index (χ4v) is 2.86. The first-order valence-electron chi connectivity index (χ1n) is 7.44. The molecule has 0 spiro atoms. The summed E-state index contributed by atoms with van der Waals surface area (Å²) in [6.45, 7) is 1.20. The van der Waals surface area contributed by atoms with E-state index in [0.29, 0.717) is 5.56 Å². The molecular weight excluding hydrogens is 309 g/mol. The predicted octanol–water partition coefficient (Wildman–Crippen LogP) is 2.29. The Labute approximate surface area is 132 Å². The number of rotatable bonds is 3. The van der Waals surface area contributed by atoms with Crippen molar-refractivity contribution >= 4 is 11.8 Å². The van der Waals surface area contributed by atoms with Crippen LogP contribution in [0, 0.1) is 0 Å². The number of benzene rings is 1. The lowest BCUT2D eigenvalue weighted by atomic mass is 9.96. The maximum Gasteiger partial charge on any atom is 0.408 e. The normalized spacial score (nSPS) is 21.8. The Balaban J connectivity index is 2.13. The third-order valence-electron chi connectivity index (χ3n) is 3.89. The topological polar surface area (TPSA) is 49.4 Å². The van der Waals surface area contributed by atoms with Gasteiger partial charge in [0.2, 0.25) is 11.8 Å². The van der Waals surface area contributed by atoms with Gasteiger partial charge >= 0.3 is 6.18 Å². The molecule has 0 saturated carbocycles. The second kappa shape index (κ2) is 7.02. The van der Waals surface area contributed by atoms with E-state index in [9.17, 15) is 22.8 Å². The zero-order chi connectivity index (χ0) is 17.0. The van der Waals surface area contributed by atoms with Crippen LogP contribution in [-0.4, -0.2) is 41.5 Å². The molecule has 2 rings (SSSR count). The SMILES string of the molecule is CC(=O)NC1CCC(C(F)(F)F)N(C(=O)Cc2ccccc2)C1. The van der Waals surface area contributed by atoms with Crippen LogP contribution in [0.2, 0.25) is 0 Å². The van der Waals surface area contributed by atoms with Gasteiger partial charge < -0.3 is 10.2 Å². The van der Waals surface area contributed by atoms with Crippen LogP contribution in [0.25, 0.3) is 0 Å². The molecule has 0 aromatic heterocycles. The Morgan fingerprint density at radius 1 is 1.22 bits per heavy atom. The summed E-state index contributed by atoms with van der Waals surface area (Å²) in [6.07, 6.45) is -4.54. The van der Waals surface area contributed by atoms with Crippen molar-refractivity contribution in [3.63, 3.8) is 0 Å². The van der Waals surface area contributed by atoms with E-state index in [1.165, 1.54) is 6.92 Å².